The second-order valence-corrected chi connectivity index (χ2v) is 9.77. The molecule has 1 fully saturated rings. The van der Waals surface area contributed by atoms with Gasteiger partial charge in [0, 0.05) is 12.6 Å². The van der Waals surface area contributed by atoms with Crippen LogP contribution in [-0.2, 0) is 10.0 Å². The average molecular weight is 290 g/mol. The highest BCUT2D eigenvalue weighted by Crippen LogP contribution is 2.45. The minimum Gasteiger partial charge on any atom is -0.318 e. The van der Waals surface area contributed by atoms with E-state index in [-0.39, 0.29) is 16.9 Å². The Morgan fingerprint density at radius 2 is 1.63 bits per heavy atom. The SMILES string of the molecule is CNCC(C)S(=O)(=O)NC1CC(C)(C)CC(C)(C)C1. The van der Waals surface area contributed by atoms with Crippen LogP contribution in [0.3, 0.4) is 0 Å². The first-order valence-corrected chi connectivity index (χ1v) is 8.68. The van der Waals surface area contributed by atoms with E-state index in [1.165, 1.54) is 0 Å². The molecule has 0 aromatic rings. The summed E-state index contributed by atoms with van der Waals surface area (Å²) in [5.41, 5.74) is 0.391. The Balaban J connectivity index is 2.76. The summed E-state index contributed by atoms with van der Waals surface area (Å²) in [6.07, 6.45) is 2.98. The van der Waals surface area contributed by atoms with Crippen LogP contribution in [0.1, 0.15) is 53.9 Å². The lowest BCUT2D eigenvalue weighted by Crippen LogP contribution is -2.49. The van der Waals surface area contributed by atoms with Gasteiger partial charge < -0.3 is 5.32 Å². The first-order valence-electron chi connectivity index (χ1n) is 7.13. The van der Waals surface area contributed by atoms with Crippen LogP contribution in [0.5, 0.6) is 0 Å². The lowest BCUT2D eigenvalue weighted by Gasteiger charge is -2.45. The Bertz CT molecular complexity index is 386. The molecule has 0 aromatic heterocycles. The Hall–Kier alpha value is -0.130. The molecule has 1 atom stereocenters. The van der Waals surface area contributed by atoms with E-state index in [0.717, 1.165) is 19.3 Å². The van der Waals surface area contributed by atoms with Gasteiger partial charge >= 0.3 is 0 Å². The largest absolute Gasteiger partial charge is 0.318 e. The zero-order valence-electron chi connectivity index (χ0n) is 13.2. The summed E-state index contributed by atoms with van der Waals surface area (Å²) < 4.78 is 27.4. The fraction of sp³-hybridized carbons (Fsp3) is 1.00. The number of hydrogen-bond donors (Lipinski definition) is 2. The maximum atomic E-state index is 12.3. The van der Waals surface area contributed by atoms with Gasteiger partial charge in [0.1, 0.15) is 0 Å². The Kier molecular flexibility index (Phi) is 5.08. The molecule has 1 unspecified atom stereocenters. The highest BCUT2D eigenvalue weighted by molar-refractivity contribution is 7.90. The van der Waals surface area contributed by atoms with Gasteiger partial charge in [0.25, 0.3) is 0 Å². The van der Waals surface area contributed by atoms with Gasteiger partial charge in [0.05, 0.1) is 5.25 Å². The topological polar surface area (TPSA) is 58.2 Å². The number of rotatable bonds is 5. The minimum atomic E-state index is -3.23. The van der Waals surface area contributed by atoms with Gasteiger partial charge in [-0.1, -0.05) is 27.7 Å². The molecular formula is C14H30N2O2S. The van der Waals surface area contributed by atoms with Crippen molar-refractivity contribution in [2.24, 2.45) is 10.8 Å². The maximum Gasteiger partial charge on any atom is 0.215 e. The van der Waals surface area contributed by atoms with E-state index in [4.69, 9.17) is 0 Å². The number of sulfonamides is 1. The van der Waals surface area contributed by atoms with Crippen molar-refractivity contribution in [2.45, 2.75) is 65.2 Å². The molecule has 2 N–H and O–H groups in total. The number of nitrogens with one attached hydrogen (secondary N) is 2. The Morgan fingerprint density at radius 1 is 1.16 bits per heavy atom. The summed E-state index contributed by atoms with van der Waals surface area (Å²) in [6.45, 7) is 11.1. The molecule has 0 aromatic carbocycles. The molecule has 1 aliphatic rings. The van der Waals surface area contributed by atoms with Crippen molar-refractivity contribution in [3.8, 4) is 0 Å². The van der Waals surface area contributed by atoms with E-state index in [9.17, 15) is 8.42 Å². The van der Waals surface area contributed by atoms with Gasteiger partial charge in [-0.3, -0.25) is 0 Å². The summed E-state index contributed by atoms with van der Waals surface area (Å²) in [5, 5.41) is 2.53. The normalized spacial score (nSPS) is 25.2. The zero-order chi connectivity index (χ0) is 14.9. The molecule has 4 nitrogen and oxygen atoms in total. The van der Waals surface area contributed by atoms with Gasteiger partial charge in [-0.15, -0.1) is 0 Å². The van der Waals surface area contributed by atoms with Crippen LogP contribution in [0.15, 0.2) is 0 Å². The molecule has 1 saturated carbocycles. The van der Waals surface area contributed by atoms with Gasteiger partial charge in [-0.05, 0) is 44.1 Å². The fourth-order valence-corrected chi connectivity index (χ4v) is 4.92. The van der Waals surface area contributed by atoms with Crippen molar-refractivity contribution in [2.75, 3.05) is 13.6 Å². The molecule has 0 heterocycles. The predicted molar refractivity (Wildman–Crippen MR) is 80.6 cm³/mol. The third-order valence-electron chi connectivity index (χ3n) is 3.91. The van der Waals surface area contributed by atoms with Crippen LogP contribution in [0.4, 0.5) is 0 Å². The van der Waals surface area contributed by atoms with E-state index < -0.39 is 15.3 Å². The van der Waals surface area contributed by atoms with Crippen molar-refractivity contribution in [3.63, 3.8) is 0 Å². The molecule has 0 bridgehead atoms. The van der Waals surface area contributed by atoms with Crippen LogP contribution in [0, 0.1) is 10.8 Å². The summed E-state index contributed by atoms with van der Waals surface area (Å²) in [7, 11) is -1.46. The Labute approximate surface area is 118 Å². The van der Waals surface area contributed by atoms with Gasteiger partial charge in [-0.25, -0.2) is 13.1 Å². The smallest absolute Gasteiger partial charge is 0.215 e. The molecular weight excluding hydrogens is 260 g/mol. The van der Waals surface area contributed by atoms with E-state index in [1.54, 1.807) is 14.0 Å². The predicted octanol–water partition coefficient (Wildman–Crippen LogP) is 2.12. The maximum absolute atomic E-state index is 12.3. The zero-order valence-corrected chi connectivity index (χ0v) is 14.0. The standard InChI is InChI=1S/C14H30N2O2S/c1-11(9-15-6)19(17,18)16-12-7-13(2,3)10-14(4,5)8-12/h11-12,15-16H,7-10H2,1-6H3. The molecule has 1 rings (SSSR count). The highest BCUT2D eigenvalue weighted by Gasteiger charge is 2.40. The van der Waals surface area contributed by atoms with Crippen molar-refractivity contribution < 1.29 is 8.42 Å². The molecule has 0 aliphatic heterocycles. The molecule has 0 amide bonds. The molecule has 0 saturated heterocycles. The average Bonchev–Trinajstić information content (AvgIpc) is 2.11. The Morgan fingerprint density at radius 3 is 2.05 bits per heavy atom. The minimum absolute atomic E-state index is 0.0584. The monoisotopic (exact) mass is 290 g/mol. The lowest BCUT2D eigenvalue weighted by atomic mass is 9.64. The first-order chi connectivity index (χ1) is 8.47. The molecule has 5 heteroatoms. The second kappa shape index (κ2) is 5.70. The molecule has 114 valence electrons. The van der Waals surface area contributed by atoms with Crippen molar-refractivity contribution in [1.29, 1.82) is 0 Å². The van der Waals surface area contributed by atoms with Crippen molar-refractivity contribution in [1.82, 2.24) is 10.0 Å². The lowest BCUT2D eigenvalue weighted by molar-refractivity contribution is 0.0933. The van der Waals surface area contributed by atoms with Crippen LogP contribution in [-0.4, -0.2) is 33.3 Å². The van der Waals surface area contributed by atoms with Crippen molar-refractivity contribution >= 4 is 10.0 Å². The fourth-order valence-electron chi connectivity index (χ4n) is 3.68. The van der Waals surface area contributed by atoms with E-state index in [1.807, 2.05) is 0 Å². The highest BCUT2D eigenvalue weighted by atomic mass is 32.2. The van der Waals surface area contributed by atoms with Gasteiger partial charge in [-0.2, -0.15) is 0 Å². The van der Waals surface area contributed by atoms with Crippen LogP contribution in [0.25, 0.3) is 0 Å². The quantitative estimate of drug-likeness (QED) is 0.815. The molecule has 0 radical (unpaired) electrons. The molecule has 1 aliphatic carbocycles. The summed E-state index contributed by atoms with van der Waals surface area (Å²) in [6, 6.07) is 0.0584. The van der Waals surface area contributed by atoms with Gasteiger partial charge in [0.15, 0.2) is 0 Å². The van der Waals surface area contributed by atoms with E-state index in [0.29, 0.717) is 6.54 Å². The first kappa shape index (κ1) is 16.9. The number of hydrogen-bond acceptors (Lipinski definition) is 3. The third-order valence-corrected chi connectivity index (χ3v) is 5.80. The van der Waals surface area contributed by atoms with Crippen LogP contribution in [0.2, 0.25) is 0 Å². The van der Waals surface area contributed by atoms with Crippen LogP contribution >= 0.6 is 0 Å². The van der Waals surface area contributed by atoms with E-state index in [2.05, 4.69) is 37.7 Å². The molecule has 19 heavy (non-hydrogen) atoms. The third kappa shape index (κ3) is 5.04. The van der Waals surface area contributed by atoms with Crippen LogP contribution < -0.4 is 10.0 Å². The summed E-state index contributed by atoms with van der Waals surface area (Å²) in [4.78, 5) is 0. The van der Waals surface area contributed by atoms with E-state index >= 15 is 0 Å². The molecule has 0 spiro atoms. The summed E-state index contributed by atoms with van der Waals surface area (Å²) >= 11 is 0. The summed E-state index contributed by atoms with van der Waals surface area (Å²) in [5.74, 6) is 0. The van der Waals surface area contributed by atoms with Crippen molar-refractivity contribution in [3.05, 3.63) is 0 Å². The van der Waals surface area contributed by atoms with Gasteiger partial charge in [0.2, 0.25) is 10.0 Å². The second-order valence-electron chi connectivity index (χ2n) is 7.64.